The van der Waals surface area contributed by atoms with Crippen LogP contribution in [0.1, 0.15) is 35.2 Å². The lowest BCUT2D eigenvalue weighted by molar-refractivity contribution is -0.120. The molecule has 0 spiro atoms. The van der Waals surface area contributed by atoms with E-state index in [4.69, 9.17) is 0 Å². The minimum Gasteiger partial charge on any atom is -0.396 e. The molecule has 3 N–H and O–H groups in total. The number of aliphatic hydroxyl groups excluding tert-OH is 1. The van der Waals surface area contributed by atoms with E-state index in [-0.39, 0.29) is 12.5 Å². The molecule has 0 aliphatic carbocycles. The summed E-state index contributed by atoms with van der Waals surface area (Å²) < 4.78 is 0. The van der Waals surface area contributed by atoms with Crippen molar-refractivity contribution >= 4 is 16.8 Å². The maximum Gasteiger partial charge on any atom is 0.224 e. The second kappa shape index (κ2) is 8.23. The number of carbonyl (C=O) groups excluding carboxylic acids is 1. The number of fused-ring (bicyclic) bond motifs is 1. The number of nitrogens with one attached hydrogen (secondary N) is 2. The minimum absolute atomic E-state index is 0.0730. The standard InChI is InChI=1S/C21H31N3O2/c1-14-9-15(2)21-19(10-14)18(16(3)23-21)11-20(26)22-6-8-24-7-4-5-17(12-24)13-25/h9-10,17,23,25H,4-8,11-13H2,1-3H3,(H,22,26). The summed E-state index contributed by atoms with van der Waals surface area (Å²) in [7, 11) is 0. The van der Waals surface area contributed by atoms with E-state index in [0.717, 1.165) is 54.6 Å². The first-order chi connectivity index (χ1) is 12.5. The number of hydrogen-bond donors (Lipinski definition) is 3. The molecule has 1 amide bonds. The van der Waals surface area contributed by atoms with E-state index in [1.54, 1.807) is 0 Å². The first-order valence-corrected chi connectivity index (χ1v) is 9.66. The number of aliphatic hydroxyl groups is 1. The Balaban J connectivity index is 1.57. The number of likely N-dealkylation sites (tertiary alicyclic amines) is 1. The number of H-pyrrole nitrogens is 1. The number of nitrogens with zero attached hydrogens (tertiary/aromatic N) is 1. The average molecular weight is 357 g/mol. The van der Waals surface area contributed by atoms with Gasteiger partial charge in [0.1, 0.15) is 0 Å². The summed E-state index contributed by atoms with van der Waals surface area (Å²) in [6.45, 7) is 10.0. The van der Waals surface area contributed by atoms with Gasteiger partial charge in [0.05, 0.1) is 6.42 Å². The number of aromatic nitrogens is 1. The highest BCUT2D eigenvalue weighted by Crippen LogP contribution is 2.26. The van der Waals surface area contributed by atoms with Crippen molar-refractivity contribution in [2.75, 3.05) is 32.8 Å². The van der Waals surface area contributed by atoms with E-state index in [9.17, 15) is 9.90 Å². The van der Waals surface area contributed by atoms with Gasteiger partial charge >= 0.3 is 0 Å². The monoisotopic (exact) mass is 357 g/mol. The first-order valence-electron chi connectivity index (χ1n) is 9.66. The number of rotatable bonds is 6. The van der Waals surface area contributed by atoms with Crippen LogP contribution in [-0.2, 0) is 11.2 Å². The molecule has 0 saturated carbocycles. The molecule has 26 heavy (non-hydrogen) atoms. The molecule has 1 aliphatic rings. The Morgan fingerprint density at radius 3 is 2.92 bits per heavy atom. The Hall–Kier alpha value is -1.85. The average Bonchev–Trinajstić information content (AvgIpc) is 2.91. The van der Waals surface area contributed by atoms with Crippen LogP contribution in [-0.4, -0.2) is 53.7 Å². The van der Waals surface area contributed by atoms with E-state index in [1.807, 2.05) is 6.92 Å². The van der Waals surface area contributed by atoms with Gasteiger partial charge in [-0.3, -0.25) is 4.79 Å². The van der Waals surface area contributed by atoms with Crippen molar-refractivity contribution in [2.24, 2.45) is 5.92 Å². The molecule has 0 radical (unpaired) electrons. The molecule has 5 heteroatoms. The molecule has 1 atom stereocenters. The van der Waals surface area contributed by atoms with Crippen LogP contribution in [0.2, 0.25) is 0 Å². The summed E-state index contributed by atoms with van der Waals surface area (Å²) in [5.74, 6) is 0.462. The SMILES string of the molecule is Cc1cc(C)c2[nH]c(C)c(CC(=O)NCCN3CCCC(CO)C3)c2c1. The Bertz CT molecular complexity index is 781. The smallest absolute Gasteiger partial charge is 0.224 e. The quantitative estimate of drug-likeness (QED) is 0.744. The Morgan fingerprint density at radius 2 is 2.15 bits per heavy atom. The largest absolute Gasteiger partial charge is 0.396 e. The van der Waals surface area contributed by atoms with E-state index in [0.29, 0.717) is 18.9 Å². The number of benzene rings is 1. The van der Waals surface area contributed by atoms with Crippen LogP contribution in [0.15, 0.2) is 12.1 Å². The van der Waals surface area contributed by atoms with Gasteiger partial charge in [0.25, 0.3) is 0 Å². The van der Waals surface area contributed by atoms with Crippen molar-refractivity contribution in [3.63, 3.8) is 0 Å². The maximum atomic E-state index is 12.5. The zero-order valence-electron chi connectivity index (χ0n) is 16.2. The minimum atomic E-state index is 0.0730. The molecular formula is C21H31N3O2. The normalized spacial score (nSPS) is 18.4. The molecule has 0 bridgehead atoms. The topological polar surface area (TPSA) is 68.4 Å². The van der Waals surface area contributed by atoms with Gasteiger partial charge < -0.3 is 20.3 Å². The molecule has 5 nitrogen and oxygen atoms in total. The number of carbonyl (C=O) groups is 1. The number of hydrogen-bond acceptors (Lipinski definition) is 3. The molecule has 1 aliphatic heterocycles. The fourth-order valence-electron chi connectivity index (χ4n) is 4.14. The number of piperidine rings is 1. The predicted molar refractivity (Wildman–Crippen MR) is 105 cm³/mol. The van der Waals surface area contributed by atoms with Gasteiger partial charge in [-0.25, -0.2) is 0 Å². The van der Waals surface area contributed by atoms with Crippen LogP contribution < -0.4 is 5.32 Å². The van der Waals surface area contributed by atoms with Crippen LogP contribution in [0.5, 0.6) is 0 Å². The van der Waals surface area contributed by atoms with Crippen LogP contribution in [0.3, 0.4) is 0 Å². The Kier molecular flexibility index (Phi) is 5.99. The lowest BCUT2D eigenvalue weighted by Crippen LogP contribution is -2.41. The maximum absolute atomic E-state index is 12.5. The highest BCUT2D eigenvalue weighted by atomic mass is 16.3. The number of aromatic amines is 1. The lowest BCUT2D eigenvalue weighted by atomic mass is 9.99. The zero-order chi connectivity index (χ0) is 18.7. The van der Waals surface area contributed by atoms with Crippen molar-refractivity contribution in [3.8, 4) is 0 Å². The van der Waals surface area contributed by atoms with Crippen molar-refractivity contribution in [3.05, 3.63) is 34.5 Å². The van der Waals surface area contributed by atoms with Crippen LogP contribution >= 0.6 is 0 Å². The van der Waals surface area contributed by atoms with Crippen molar-refractivity contribution < 1.29 is 9.90 Å². The predicted octanol–water partition coefficient (Wildman–Crippen LogP) is 2.46. The third-order valence-electron chi connectivity index (χ3n) is 5.52. The second-order valence-corrected chi connectivity index (χ2v) is 7.75. The van der Waals surface area contributed by atoms with Crippen LogP contribution in [0.25, 0.3) is 10.9 Å². The van der Waals surface area contributed by atoms with Gasteiger partial charge in [-0.1, -0.05) is 11.6 Å². The third kappa shape index (κ3) is 4.27. The number of aryl methyl sites for hydroxylation is 3. The molecule has 142 valence electrons. The first kappa shape index (κ1) is 18.9. The van der Waals surface area contributed by atoms with Crippen molar-refractivity contribution in [2.45, 2.75) is 40.0 Å². The molecule has 1 aromatic carbocycles. The van der Waals surface area contributed by atoms with Gasteiger partial charge in [-0.2, -0.15) is 0 Å². The molecule has 1 fully saturated rings. The third-order valence-corrected chi connectivity index (χ3v) is 5.52. The van der Waals surface area contributed by atoms with Crippen LogP contribution in [0.4, 0.5) is 0 Å². The van der Waals surface area contributed by atoms with E-state index in [1.165, 1.54) is 11.1 Å². The Labute approximate surface area is 155 Å². The zero-order valence-corrected chi connectivity index (χ0v) is 16.2. The summed E-state index contributed by atoms with van der Waals surface area (Å²) in [5, 5.41) is 13.5. The van der Waals surface area contributed by atoms with E-state index < -0.39 is 0 Å². The van der Waals surface area contributed by atoms with E-state index >= 15 is 0 Å². The van der Waals surface area contributed by atoms with Gasteiger partial charge in [0.2, 0.25) is 5.91 Å². The van der Waals surface area contributed by atoms with Crippen molar-refractivity contribution in [1.29, 1.82) is 0 Å². The molecule has 2 aromatic rings. The van der Waals surface area contributed by atoms with Crippen molar-refractivity contribution in [1.82, 2.24) is 15.2 Å². The molecular weight excluding hydrogens is 326 g/mol. The van der Waals surface area contributed by atoms with Gasteiger partial charge in [-0.15, -0.1) is 0 Å². The summed E-state index contributed by atoms with van der Waals surface area (Å²) in [4.78, 5) is 18.2. The molecule has 3 rings (SSSR count). The van der Waals surface area contributed by atoms with Crippen LogP contribution in [0, 0.1) is 26.7 Å². The molecule has 1 unspecified atom stereocenters. The highest BCUT2D eigenvalue weighted by molar-refractivity contribution is 5.92. The summed E-state index contributed by atoms with van der Waals surface area (Å²) in [6.07, 6.45) is 2.65. The highest BCUT2D eigenvalue weighted by Gasteiger charge is 2.19. The summed E-state index contributed by atoms with van der Waals surface area (Å²) >= 11 is 0. The summed E-state index contributed by atoms with van der Waals surface area (Å²) in [6, 6.07) is 4.33. The second-order valence-electron chi connectivity index (χ2n) is 7.75. The van der Waals surface area contributed by atoms with Gasteiger partial charge in [0, 0.05) is 42.8 Å². The fraction of sp³-hybridized carbons (Fsp3) is 0.571. The summed E-state index contributed by atoms with van der Waals surface area (Å²) in [5.41, 5.74) is 5.75. The molecule has 2 heterocycles. The molecule has 1 saturated heterocycles. The van der Waals surface area contributed by atoms with E-state index in [2.05, 4.69) is 41.2 Å². The fourth-order valence-corrected chi connectivity index (χ4v) is 4.14. The lowest BCUT2D eigenvalue weighted by Gasteiger charge is -2.31. The van der Waals surface area contributed by atoms with Gasteiger partial charge in [0.15, 0.2) is 0 Å². The molecule has 1 aromatic heterocycles. The Morgan fingerprint density at radius 1 is 1.35 bits per heavy atom. The number of amides is 1. The van der Waals surface area contributed by atoms with Gasteiger partial charge in [-0.05, 0) is 63.3 Å².